The van der Waals surface area contributed by atoms with Gasteiger partial charge in [-0.2, -0.15) is 5.10 Å². The molecule has 1 aliphatic carbocycles. The van der Waals surface area contributed by atoms with Gasteiger partial charge in [-0.15, -0.1) is 0 Å². The van der Waals surface area contributed by atoms with E-state index in [9.17, 15) is 4.39 Å². The summed E-state index contributed by atoms with van der Waals surface area (Å²) in [6.07, 6.45) is 4.29. The lowest BCUT2D eigenvalue weighted by atomic mass is 9.89. The van der Waals surface area contributed by atoms with Crippen LogP contribution in [0.2, 0.25) is 0 Å². The van der Waals surface area contributed by atoms with Gasteiger partial charge in [0.2, 0.25) is 0 Å². The summed E-state index contributed by atoms with van der Waals surface area (Å²) in [7, 11) is 0. The minimum atomic E-state index is -0.932. The standard InChI is InChI=1S/C21H26FN7/c1-12(13-6-8-15(22)9-7-13)25-20-26-19-16(3-2-10-24-19)21(23,27-20)18-11-17(28-29-18)14-4-5-14/h6-9,11-12,14,24H,2-5,10,23H2,1H3,(H,28,29)(H2,25,26,27)/t12-,21?/m0/s1. The lowest BCUT2D eigenvalue weighted by Gasteiger charge is -2.41. The number of aliphatic imine (C=N–C) groups is 1. The molecule has 3 heterocycles. The molecule has 0 radical (unpaired) electrons. The van der Waals surface area contributed by atoms with Crippen molar-refractivity contribution in [1.82, 2.24) is 26.1 Å². The van der Waals surface area contributed by atoms with E-state index in [2.05, 4.69) is 32.2 Å². The molecule has 6 N–H and O–H groups in total. The number of benzene rings is 1. The summed E-state index contributed by atoms with van der Waals surface area (Å²) < 4.78 is 13.2. The molecule has 7 nitrogen and oxygen atoms in total. The Bertz CT molecular complexity index is 973. The van der Waals surface area contributed by atoms with Gasteiger partial charge in [0.05, 0.1) is 6.04 Å². The van der Waals surface area contributed by atoms with Crippen LogP contribution in [0.15, 0.2) is 46.7 Å². The van der Waals surface area contributed by atoms with Gasteiger partial charge in [-0.25, -0.2) is 9.38 Å². The summed E-state index contributed by atoms with van der Waals surface area (Å²) in [5.41, 5.74) is 9.91. The molecule has 2 atom stereocenters. The maximum atomic E-state index is 13.2. The van der Waals surface area contributed by atoms with Crippen molar-refractivity contribution >= 4 is 5.96 Å². The summed E-state index contributed by atoms with van der Waals surface area (Å²) in [6.45, 7) is 2.86. The van der Waals surface area contributed by atoms with E-state index in [4.69, 9.17) is 10.7 Å². The average Bonchev–Trinajstić information content (AvgIpc) is 3.44. The SMILES string of the molecule is C[C@H](N=C1NC2=C(CCCN2)C(N)(c2cc(C3CC3)[nH]n2)N1)c1ccc(F)cc1. The van der Waals surface area contributed by atoms with Crippen molar-refractivity contribution in [2.24, 2.45) is 10.7 Å². The van der Waals surface area contributed by atoms with Gasteiger partial charge in [-0.1, -0.05) is 12.1 Å². The van der Waals surface area contributed by atoms with E-state index in [0.29, 0.717) is 11.9 Å². The van der Waals surface area contributed by atoms with E-state index in [1.165, 1.54) is 25.0 Å². The molecule has 0 spiro atoms. The molecule has 8 heteroatoms. The Morgan fingerprint density at radius 2 is 2.07 bits per heavy atom. The number of nitrogens with zero attached hydrogens (tertiary/aromatic N) is 2. The molecule has 1 fully saturated rings. The Morgan fingerprint density at radius 1 is 1.28 bits per heavy atom. The molecule has 0 bridgehead atoms. The van der Waals surface area contributed by atoms with E-state index in [0.717, 1.165) is 47.7 Å². The Kier molecular flexibility index (Phi) is 4.31. The molecule has 29 heavy (non-hydrogen) atoms. The molecule has 5 rings (SSSR count). The van der Waals surface area contributed by atoms with Gasteiger partial charge in [0.1, 0.15) is 17.3 Å². The molecular formula is C21H26FN7. The minimum absolute atomic E-state index is 0.165. The molecule has 0 saturated heterocycles. The molecule has 2 aromatic rings. The zero-order chi connectivity index (χ0) is 20.0. The highest BCUT2D eigenvalue weighted by atomic mass is 19.1. The number of aromatic amines is 1. The van der Waals surface area contributed by atoms with Crippen molar-refractivity contribution in [1.29, 1.82) is 0 Å². The highest BCUT2D eigenvalue weighted by Gasteiger charge is 2.42. The molecule has 0 amide bonds. The normalized spacial score (nSPS) is 26.4. The van der Waals surface area contributed by atoms with Crippen molar-refractivity contribution in [3.8, 4) is 0 Å². The Labute approximate surface area is 169 Å². The number of aromatic nitrogens is 2. The second-order valence-corrected chi connectivity index (χ2v) is 8.13. The van der Waals surface area contributed by atoms with E-state index >= 15 is 0 Å². The van der Waals surface area contributed by atoms with Crippen molar-refractivity contribution in [3.63, 3.8) is 0 Å². The Morgan fingerprint density at radius 3 is 2.83 bits per heavy atom. The third kappa shape index (κ3) is 3.37. The minimum Gasteiger partial charge on any atom is -0.371 e. The highest BCUT2D eigenvalue weighted by Crippen LogP contribution is 2.41. The zero-order valence-corrected chi connectivity index (χ0v) is 16.4. The largest absolute Gasteiger partial charge is 0.371 e. The number of nitrogens with one attached hydrogen (secondary N) is 4. The van der Waals surface area contributed by atoms with Crippen LogP contribution in [0, 0.1) is 5.82 Å². The molecule has 1 unspecified atom stereocenters. The zero-order valence-electron chi connectivity index (χ0n) is 16.4. The number of guanidine groups is 1. The lowest BCUT2D eigenvalue weighted by molar-refractivity contribution is 0.398. The van der Waals surface area contributed by atoms with Crippen LogP contribution < -0.4 is 21.7 Å². The van der Waals surface area contributed by atoms with Crippen LogP contribution in [0.3, 0.4) is 0 Å². The summed E-state index contributed by atoms with van der Waals surface area (Å²) in [4.78, 5) is 4.78. The summed E-state index contributed by atoms with van der Waals surface area (Å²) in [5.74, 6) is 1.80. The molecule has 152 valence electrons. The van der Waals surface area contributed by atoms with Crippen molar-refractivity contribution in [3.05, 3.63) is 64.5 Å². The second-order valence-electron chi connectivity index (χ2n) is 8.13. The monoisotopic (exact) mass is 395 g/mol. The Hall–Kier alpha value is -2.87. The van der Waals surface area contributed by atoms with Gasteiger partial charge in [0, 0.05) is 23.7 Å². The average molecular weight is 395 g/mol. The van der Waals surface area contributed by atoms with E-state index < -0.39 is 5.66 Å². The predicted molar refractivity (Wildman–Crippen MR) is 109 cm³/mol. The number of nitrogens with two attached hydrogens (primary N) is 1. The fourth-order valence-electron chi connectivity index (χ4n) is 4.07. The molecular weight excluding hydrogens is 369 g/mol. The topological polar surface area (TPSA) is 103 Å². The first-order valence-electron chi connectivity index (χ1n) is 10.2. The smallest absolute Gasteiger partial charge is 0.199 e. The number of hydrogen-bond acceptors (Lipinski definition) is 4. The highest BCUT2D eigenvalue weighted by molar-refractivity contribution is 5.85. The summed E-state index contributed by atoms with van der Waals surface area (Å²) in [5, 5.41) is 17.9. The number of rotatable bonds is 4. The van der Waals surface area contributed by atoms with E-state index in [-0.39, 0.29) is 11.9 Å². The second kappa shape index (κ2) is 6.88. The molecule has 1 aromatic carbocycles. The first-order valence-corrected chi connectivity index (χ1v) is 10.2. The number of H-pyrrole nitrogens is 1. The van der Waals surface area contributed by atoms with Crippen molar-refractivity contribution in [2.75, 3.05) is 6.54 Å². The van der Waals surface area contributed by atoms with Gasteiger partial charge >= 0.3 is 0 Å². The third-order valence-electron chi connectivity index (χ3n) is 5.94. The molecule has 2 aliphatic heterocycles. The van der Waals surface area contributed by atoms with Gasteiger partial charge in [-0.3, -0.25) is 10.8 Å². The maximum Gasteiger partial charge on any atom is 0.199 e. The van der Waals surface area contributed by atoms with Gasteiger partial charge < -0.3 is 16.0 Å². The number of halogens is 1. The fourth-order valence-corrected chi connectivity index (χ4v) is 4.07. The van der Waals surface area contributed by atoms with Crippen molar-refractivity contribution < 1.29 is 4.39 Å². The number of hydrogen-bond donors (Lipinski definition) is 5. The maximum absolute atomic E-state index is 13.2. The van der Waals surface area contributed by atoms with Crippen LogP contribution in [0.1, 0.15) is 61.5 Å². The quantitative estimate of drug-likeness (QED) is 0.547. The van der Waals surface area contributed by atoms with E-state index in [1.807, 2.05) is 6.92 Å². The van der Waals surface area contributed by atoms with Gasteiger partial charge in [0.15, 0.2) is 11.6 Å². The Balaban J connectivity index is 1.49. The molecule has 3 aliphatic rings. The van der Waals surface area contributed by atoms with Gasteiger partial charge in [-0.05, 0) is 56.4 Å². The summed E-state index contributed by atoms with van der Waals surface area (Å²) >= 11 is 0. The van der Waals surface area contributed by atoms with Crippen LogP contribution in [-0.2, 0) is 5.66 Å². The molecule has 1 aromatic heterocycles. The van der Waals surface area contributed by atoms with Crippen LogP contribution >= 0.6 is 0 Å². The fraction of sp³-hybridized carbons (Fsp3) is 0.429. The van der Waals surface area contributed by atoms with Crippen LogP contribution in [0.25, 0.3) is 0 Å². The summed E-state index contributed by atoms with van der Waals surface area (Å²) in [6, 6.07) is 8.32. The predicted octanol–water partition coefficient (Wildman–Crippen LogP) is 2.44. The van der Waals surface area contributed by atoms with E-state index in [1.54, 1.807) is 12.1 Å². The van der Waals surface area contributed by atoms with Crippen LogP contribution in [0.4, 0.5) is 4.39 Å². The van der Waals surface area contributed by atoms with Crippen LogP contribution in [-0.4, -0.2) is 22.7 Å². The molecule has 1 saturated carbocycles. The lowest BCUT2D eigenvalue weighted by Crippen LogP contribution is -2.64. The first-order chi connectivity index (χ1) is 14.0. The third-order valence-corrected chi connectivity index (χ3v) is 5.94. The van der Waals surface area contributed by atoms with Crippen molar-refractivity contribution in [2.45, 2.75) is 50.2 Å². The van der Waals surface area contributed by atoms with Crippen LogP contribution in [0.5, 0.6) is 0 Å². The first kappa shape index (κ1) is 18.2. The van der Waals surface area contributed by atoms with Gasteiger partial charge in [0.25, 0.3) is 0 Å².